The van der Waals surface area contributed by atoms with E-state index in [2.05, 4.69) is 0 Å². The maximum absolute atomic E-state index is 12.8. The highest BCUT2D eigenvalue weighted by atomic mass is 19.4. The van der Waals surface area contributed by atoms with Crippen molar-refractivity contribution < 1.29 is 22.0 Å². The van der Waals surface area contributed by atoms with Gasteiger partial charge in [0.15, 0.2) is 0 Å². The van der Waals surface area contributed by atoms with Crippen LogP contribution < -0.4 is 5.73 Å². The summed E-state index contributed by atoms with van der Waals surface area (Å²) < 4.78 is 61.5. The molecule has 0 bridgehead atoms. The lowest BCUT2D eigenvalue weighted by molar-refractivity contribution is -0.289. The second-order valence-corrected chi connectivity index (χ2v) is 2.95. The van der Waals surface area contributed by atoms with Gasteiger partial charge in [0, 0.05) is 12.1 Å². The molecule has 0 fully saturated rings. The van der Waals surface area contributed by atoms with E-state index >= 15 is 0 Å². The van der Waals surface area contributed by atoms with Crippen molar-refractivity contribution in [2.24, 2.45) is 0 Å². The molecule has 0 amide bonds. The lowest BCUT2D eigenvalue weighted by atomic mass is 10.0. The number of hydrogen-bond donors (Lipinski definition) is 0. The number of hydrogen-bond acceptors (Lipinski definition) is 0. The van der Waals surface area contributed by atoms with Gasteiger partial charge in [-0.25, -0.2) is 0 Å². The van der Waals surface area contributed by atoms with E-state index in [1.807, 2.05) is 0 Å². The smallest absolute Gasteiger partial charge is 0.253 e. The van der Waals surface area contributed by atoms with Crippen LogP contribution >= 0.6 is 0 Å². The van der Waals surface area contributed by atoms with Crippen LogP contribution in [0.25, 0.3) is 0 Å². The number of alkyl halides is 5. The van der Waals surface area contributed by atoms with Gasteiger partial charge in [-0.15, -0.1) is 0 Å². The zero-order valence-electron chi connectivity index (χ0n) is 7.41. The predicted molar refractivity (Wildman–Crippen MR) is 43.2 cm³/mol. The molecule has 0 aliphatic rings. The van der Waals surface area contributed by atoms with E-state index in [1.165, 1.54) is 6.07 Å². The van der Waals surface area contributed by atoms with E-state index < -0.39 is 17.7 Å². The minimum Gasteiger partial charge on any atom is -0.253 e. The maximum atomic E-state index is 12.8. The van der Waals surface area contributed by atoms with Crippen LogP contribution in [0.4, 0.5) is 22.0 Å². The Labute approximate surface area is 82.7 Å². The fourth-order valence-electron chi connectivity index (χ4n) is 1.04. The zero-order valence-corrected chi connectivity index (χ0v) is 7.41. The van der Waals surface area contributed by atoms with E-state index in [4.69, 9.17) is 5.73 Å². The zero-order chi connectivity index (χ0) is 11.7. The van der Waals surface area contributed by atoms with Crippen molar-refractivity contribution in [3.05, 3.63) is 35.4 Å². The van der Waals surface area contributed by atoms with Gasteiger partial charge in [-0.1, -0.05) is 18.2 Å². The normalized spacial score (nSPS) is 12.9. The highest BCUT2D eigenvalue weighted by Gasteiger charge is 2.58. The average Bonchev–Trinajstić information content (AvgIpc) is 2.16. The maximum Gasteiger partial charge on any atom is 0.458 e. The topological polar surface area (TPSA) is 23.8 Å². The molecule has 0 aromatic heterocycles. The molecule has 1 radical (unpaired) electrons. The first-order valence-corrected chi connectivity index (χ1v) is 3.97. The highest BCUT2D eigenvalue weighted by Crippen LogP contribution is 2.43. The molecular formula is C9H7F5N. The molecule has 1 rings (SSSR count). The highest BCUT2D eigenvalue weighted by molar-refractivity contribution is 5.27. The van der Waals surface area contributed by atoms with Gasteiger partial charge in [0.25, 0.3) is 0 Å². The van der Waals surface area contributed by atoms with Crippen LogP contribution in [0.1, 0.15) is 11.1 Å². The fourth-order valence-corrected chi connectivity index (χ4v) is 1.04. The Hall–Kier alpha value is -1.17. The molecule has 0 aliphatic carbocycles. The third-order valence-electron chi connectivity index (χ3n) is 1.85. The Morgan fingerprint density at radius 3 is 2.13 bits per heavy atom. The number of benzene rings is 1. The van der Waals surface area contributed by atoms with Crippen LogP contribution in [0.5, 0.6) is 0 Å². The Morgan fingerprint density at radius 1 is 1.07 bits per heavy atom. The van der Waals surface area contributed by atoms with Gasteiger partial charge in [0.1, 0.15) is 0 Å². The quantitative estimate of drug-likeness (QED) is 0.689. The minimum absolute atomic E-state index is 0.122. The molecule has 1 aromatic rings. The van der Waals surface area contributed by atoms with Crippen molar-refractivity contribution in [3.8, 4) is 0 Å². The summed E-state index contributed by atoms with van der Waals surface area (Å²) in [6.07, 6.45) is -5.60. The van der Waals surface area contributed by atoms with Gasteiger partial charge in [0.2, 0.25) is 0 Å². The molecule has 0 unspecified atom stereocenters. The van der Waals surface area contributed by atoms with E-state index in [-0.39, 0.29) is 12.1 Å². The molecule has 15 heavy (non-hydrogen) atoms. The largest absolute Gasteiger partial charge is 0.458 e. The van der Waals surface area contributed by atoms with Crippen LogP contribution in [0.3, 0.4) is 0 Å². The summed E-state index contributed by atoms with van der Waals surface area (Å²) in [5.41, 5.74) is 5.87. The van der Waals surface area contributed by atoms with Crippen LogP contribution in [0.15, 0.2) is 24.3 Å². The van der Waals surface area contributed by atoms with Gasteiger partial charge < -0.3 is 0 Å². The van der Waals surface area contributed by atoms with Crippen molar-refractivity contribution in [1.82, 2.24) is 5.73 Å². The first-order valence-electron chi connectivity index (χ1n) is 3.97. The van der Waals surface area contributed by atoms with Gasteiger partial charge in [-0.3, -0.25) is 5.73 Å². The first-order chi connectivity index (χ1) is 6.79. The Kier molecular flexibility index (Phi) is 2.99. The Morgan fingerprint density at radius 2 is 1.67 bits per heavy atom. The summed E-state index contributed by atoms with van der Waals surface area (Å²) >= 11 is 0. The van der Waals surface area contributed by atoms with E-state index in [0.717, 1.165) is 6.07 Å². The monoisotopic (exact) mass is 224 g/mol. The van der Waals surface area contributed by atoms with Crippen molar-refractivity contribution in [2.45, 2.75) is 18.6 Å². The first kappa shape index (κ1) is 11.9. The second kappa shape index (κ2) is 3.77. The summed E-state index contributed by atoms with van der Waals surface area (Å²) in [5, 5.41) is 0. The predicted octanol–water partition coefficient (Wildman–Crippen LogP) is 3.12. The molecule has 0 heterocycles. The molecule has 6 heteroatoms. The van der Waals surface area contributed by atoms with Crippen LogP contribution in [-0.2, 0) is 12.5 Å². The van der Waals surface area contributed by atoms with Crippen LogP contribution in [0, 0.1) is 0 Å². The molecule has 1 aromatic carbocycles. The van der Waals surface area contributed by atoms with Crippen LogP contribution in [0.2, 0.25) is 0 Å². The third kappa shape index (κ3) is 2.26. The third-order valence-corrected chi connectivity index (χ3v) is 1.85. The van der Waals surface area contributed by atoms with Crippen molar-refractivity contribution in [1.29, 1.82) is 0 Å². The van der Waals surface area contributed by atoms with Gasteiger partial charge in [-0.05, 0) is 11.6 Å². The number of halogens is 5. The lowest BCUT2D eigenvalue weighted by Gasteiger charge is -2.20. The minimum atomic E-state index is -5.60. The van der Waals surface area contributed by atoms with Crippen molar-refractivity contribution in [2.75, 3.05) is 0 Å². The molecule has 1 nitrogen and oxygen atoms in total. The van der Waals surface area contributed by atoms with Crippen molar-refractivity contribution >= 4 is 0 Å². The standard InChI is InChI=1S/C9H7F5N/c10-8(11,9(12,13)14)7-3-1-2-6(4-7)5-15/h1-4,15H,5H2. The summed E-state index contributed by atoms with van der Waals surface area (Å²) in [7, 11) is 0. The Balaban J connectivity index is 3.15. The molecular weight excluding hydrogens is 217 g/mol. The summed E-state index contributed by atoms with van der Waals surface area (Å²) in [6, 6.07) is 3.80. The number of rotatable bonds is 2. The van der Waals surface area contributed by atoms with E-state index in [0.29, 0.717) is 12.1 Å². The number of nitrogens with one attached hydrogen (secondary N) is 1. The SMILES string of the molecule is [NH]Cc1cccc(C(F)(F)C(F)(F)F)c1. The van der Waals surface area contributed by atoms with Crippen LogP contribution in [-0.4, -0.2) is 6.18 Å². The van der Waals surface area contributed by atoms with Gasteiger partial charge in [0.05, 0.1) is 0 Å². The summed E-state index contributed by atoms with van der Waals surface area (Å²) in [4.78, 5) is 0. The molecule has 0 saturated carbocycles. The molecule has 83 valence electrons. The summed E-state index contributed by atoms with van der Waals surface area (Å²) in [6.45, 7) is -0.332. The molecule has 0 spiro atoms. The van der Waals surface area contributed by atoms with Gasteiger partial charge >= 0.3 is 12.1 Å². The summed E-state index contributed by atoms with van der Waals surface area (Å²) in [5.74, 6) is -4.86. The molecule has 0 aliphatic heterocycles. The Bertz CT molecular complexity index is 345. The van der Waals surface area contributed by atoms with Gasteiger partial charge in [-0.2, -0.15) is 22.0 Å². The van der Waals surface area contributed by atoms with E-state index in [9.17, 15) is 22.0 Å². The molecule has 0 saturated heterocycles. The van der Waals surface area contributed by atoms with Crippen molar-refractivity contribution in [3.63, 3.8) is 0 Å². The molecule has 0 atom stereocenters. The average molecular weight is 224 g/mol. The fraction of sp³-hybridized carbons (Fsp3) is 0.333. The second-order valence-electron chi connectivity index (χ2n) is 2.95. The van der Waals surface area contributed by atoms with E-state index in [1.54, 1.807) is 0 Å². The lowest BCUT2D eigenvalue weighted by Crippen LogP contribution is -2.33. The molecule has 1 N–H and O–H groups in total.